The third kappa shape index (κ3) is 4.68. The summed E-state index contributed by atoms with van der Waals surface area (Å²) in [7, 11) is 0. The molecule has 6 heteroatoms. The topological polar surface area (TPSA) is 92.3 Å². The van der Waals surface area contributed by atoms with Crippen LogP contribution >= 0.6 is 0 Å². The lowest BCUT2D eigenvalue weighted by atomic mass is 9.95. The number of ether oxygens (including phenoxy) is 1. The molecule has 2 aromatic carbocycles. The minimum absolute atomic E-state index is 0.0221. The van der Waals surface area contributed by atoms with Crippen LogP contribution in [0.2, 0.25) is 0 Å². The first-order valence-electron chi connectivity index (χ1n) is 10.3. The molecule has 1 heterocycles. The van der Waals surface area contributed by atoms with E-state index in [2.05, 4.69) is 0 Å². The van der Waals surface area contributed by atoms with Gasteiger partial charge in [-0.25, -0.2) is 0 Å². The van der Waals surface area contributed by atoms with Crippen LogP contribution in [-0.4, -0.2) is 28.2 Å². The Bertz CT molecular complexity index is 1210. The number of ketones is 1. The van der Waals surface area contributed by atoms with Gasteiger partial charge in [-0.05, 0) is 49.1 Å². The molecule has 6 nitrogen and oxygen atoms in total. The molecular formula is C25H26N2O4. The van der Waals surface area contributed by atoms with Gasteiger partial charge >= 0.3 is 0 Å². The number of fused-ring (bicyclic) bond motifs is 1. The molecule has 31 heavy (non-hydrogen) atoms. The van der Waals surface area contributed by atoms with Gasteiger partial charge in [-0.15, -0.1) is 0 Å². The third-order valence-electron chi connectivity index (χ3n) is 5.29. The van der Waals surface area contributed by atoms with Crippen molar-refractivity contribution in [2.45, 2.75) is 46.3 Å². The number of benzene rings is 2. The lowest BCUT2D eigenvalue weighted by Crippen LogP contribution is -2.27. The van der Waals surface area contributed by atoms with Gasteiger partial charge in [-0.1, -0.05) is 42.5 Å². The molecule has 0 atom stereocenters. The minimum atomic E-state index is -0.594. The summed E-state index contributed by atoms with van der Waals surface area (Å²) in [4.78, 5) is 25.9. The Labute approximate surface area is 181 Å². The van der Waals surface area contributed by atoms with E-state index in [1.54, 1.807) is 0 Å². The van der Waals surface area contributed by atoms with Crippen LogP contribution in [0.3, 0.4) is 0 Å². The summed E-state index contributed by atoms with van der Waals surface area (Å²) in [5.41, 5.74) is 0.342. The molecule has 1 aromatic heterocycles. The fourth-order valence-corrected chi connectivity index (χ4v) is 3.74. The van der Waals surface area contributed by atoms with E-state index in [-0.39, 0.29) is 41.5 Å². The van der Waals surface area contributed by atoms with Crippen LogP contribution in [0.4, 0.5) is 0 Å². The molecule has 0 aliphatic rings. The summed E-state index contributed by atoms with van der Waals surface area (Å²) in [6, 6.07) is 15.4. The molecule has 0 spiro atoms. The molecular weight excluding hydrogens is 392 g/mol. The number of carbonyl (C=O) groups is 1. The van der Waals surface area contributed by atoms with Crippen LogP contribution in [0.5, 0.6) is 5.88 Å². The van der Waals surface area contributed by atoms with Crippen LogP contribution in [0.15, 0.2) is 47.3 Å². The van der Waals surface area contributed by atoms with Gasteiger partial charge in [0.2, 0.25) is 5.88 Å². The molecule has 0 radical (unpaired) electrons. The lowest BCUT2D eigenvalue weighted by Gasteiger charge is -2.16. The number of nitrogens with zero attached hydrogens (tertiary/aromatic N) is 2. The van der Waals surface area contributed by atoms with E-state index in [4.69, 9.17) is 4.74 Å². The summed E-state index contributed by atoms with van der Waals surface area (Å²) in [6.45, 7) is 5.91. The zero-order valence-electron chi connectivity index (χ0n) is 18.0. The van der Waals surface area contributed by atoms with Crippen molar-refractivity contribution in [2.24, 2.45) is 0 Å². The average molecular weight is 418 g/mol. The van der Waals surface area contributed by atoms with E-state index in [0.717, 1.165) is 20.9 Å². The van der Waals surface area contributed by atoms with Gasteiger partial charge < -0.3 is 9.84 Å². The highest BCUT2D eigenvalue weighted by Crippen LogP contribution is 2.26. The first kappa shape index (κ1) is 22.3. The quantitative estimate of drug-likeness (QED) is 0.439. The predicted molar refractivity (Wildman–Crippen MR) is 120 cm³/mol. The van der Waals surface area contributed by atoms with E-state index < -0.39 is 11.4 Å². The van der Waals surface area contributed by atoms with Crippen molar-refractivity contribution in [2.75, 3.05) is 6.61 Å². The highest BCUT2D eigenvalue weighted by atomic mass is 16.5. The second-order valence-corrected chi connectivity index (χ2v) is 7.78. The predicted octanol–water partition coefficient (Wildman–Crippen LogP) is 4.13. The number of aromatic nitrogens is 1. The van der Waals surface area contributed by atoms with Gasteiger partial charge in [0.25, 0.3) is 5.56 Å². The standard InChI is InChI=1S/C25H26N2O4/c1-16(2)31-13-7-12-27-24(29)21(15-26)17(3)23(25(27)30)22(28)14-19-10-6-9-18-8-4-5-11-20(18)19/h4-6,8-11,16,30H,7,12-14H2,1-3H3. The van der Waals surface area contributed by atoms with Gasteiger partial charge in [0.15, 0.2) is 5.78 Å². The van der Waals surface area contributed by atoms with Crippen molar-refractivity contribution in [1.82, 2.24) is 4.57 Å². The Kier molecular flexibility index (Phi) is 6.88. The molecule has 0 saturated carbocycles. The highest BCUT2D eigenvalue weighted by Gasteiger charge is 2.24. The number of carbonyl (C=O) groups excluding carboxylic acids is 1. The molecule has 0 bridgehead atoms. The van der Waals surface area contributed by atoms with Crippen molar-refractivity contribution in [3.63, 3.8) is 0 Å². The highest BCUT2D eigenvalue weighted by molar-refractivity contribution is 6.03. The van der Waals surface area contributed by atoms with Crippen molar-refractivity contribution >= 4 is 16.6 Å². The van der Waals surface area contributed by atoms with Gasteiger partial charge in [-0.2, -0.15) is 5.26 Å². The summed E-state index contributed by atoms with van der Waals surface area (Å²) in [6.07, 6.45) is 0.571. The number of aromatic hydroxyl groups is 1. The Morgan fingerprint density at radius 3 is 2.61 bits per heavy atom. The summed E-state index contributed by atoms with van der Waals surface area (Å²) in [5.74, 6) is -0.730. The maximum absolute atomic E-state index is 13.2. The Morgan fingerprint density at radius 1 is 1.19 bits per heavy atom. The molecule has 0 aliphatic carbocycles. The van der Waals surface area contributed by atoms with Gasteiger partial charge in [0, 0.05) is 19.6 Å². The zero-order valence-corrected chi connectivity index (χ0v) is 18.0. The number of rotatable bonds is 8. The molecule has 3 rings (SSSR count). The summed E-state index contributed by atoms with van der Waals surface area (Å²) < 4.78 is 6.59. The van der Waals surface area contributed by atoms with E-state index in [1.807, 2.05) is 62.4 Å². The Morgan fingerprint density at radius 2 is 1.90 bits per heavy atom. The van der Waals surface area contributed by atoms with E-state index in [0.29, 0.717) is 13.0 Å². The number of Topliss-reactive ketones (excluding diaryl/α,β-unsaturated/α-hetero) is 1. The first-order chi connectivity index (χ1) is 14.8. The normalized spacial score (nSPS) is 11.1. The number of hydrogen-bond acceptors (Lipinski definition) is 5. The van der Waals surface area contributed by atoms with Crippen LogP contribution in [0, 0.1) is 18.3 Å². The maximum atomic E-state index is 13.2. The monoisotopic (exact) mass is 418 g/mol. The van der Waals surface area contributed by atoms with E-state index in [1.165, 1.54) is 6.92 Å². The fraction of sp³-hybridized carbons (Fsp3) is 0.320. The molecule has 1 N–H and O–H groups in total. The molecule has 0 unspecified atom stereocenters. The molecule has 0 fully saturated rings. The average Bonchev–Trinajstić information content (AvgIpc) is 2.73. The zero-order chi connectivity index (χ0) is 22.5. The molecule has 0 aliphatic heterocycles. The lowest BCUT2D eigenvalue weighted by molar-refractivity contribution is 0.0743. The van der Waals surface area contributed by atoms with Crippen molar-refractivity contribution < 1.29 is 14.6 Å². The molecule has 0 amide bonds. The van der Waals surface area contributed by atoms with Crippen molar-refractivity contribution in [3.8, 4) is 11.9 Å². The van der Waals surface area contributed by atoms with Crippen molar-refractivity contribution in [3.05, 3.63) is 75.1 Å². The van der Waals surface area contributed by atoms with Gasteiger partial charge in [0.05, 0.1) is 11.7 Å². The second-order valence-electron chi connectivity index (χ2n) is 7.78. The molecule has 160 valence electrons. The third-order valence-corrected chi connectivity index (χ3v) is 5.29. The van der Waals surface area contributed by atoms with E-state index >= 15 is 0 Å². The first-order valence-corrected chi connectivity index (χ1v) is 10.3. The molecule has 3 aromatic rings. The summed E-state index contributed by atoms with van der Waals surface area (Å²) >= 11 is 0. The Hall–Kier alpha value is -3.43. The van der Waals surface area contributed by atoms with Crippen LogP contribution < -0.4 is 5.56 Å². The second kappa shape index (κ2) is 9.59. The maximum Gasteiger partial charge on any atom is 0.271 e. The summed E-state index contributed by atoms with van der Waals surface area (Å²) in [5, 5.41) is 22.3. The van der Waals surface area contributed by atoms with Crippen LogP contribution in [0.1, 0.15) is 47.3 Å². The van der Waals surface area contributed by atoms with E-state index in [9.17, 15) is 20.0 Å². The fourth-order valence-electron chi connectivity index (χ4n) is 3.74. The van der Waals surface area contributed by atoms with Gasteiger partial charge in [0.1, 0.15) is 11.6 Å². The minimum Gasteiger partial charge on any atom is -0.494 e. The number of pyridine rings is 1. The largest absolute Gasteiger partial charge is 0.494 e. The SMILES string of the molecule is Cc1c(C(=O)Cc2cccc3ccccc23)c(O)n(CCCOC(C)C)c(=O)c1C#N. The number of nitriles is 1. The molecule has 0 saturated heterocycles. The van der Waals surface area contributed by atoms with Crippen molar-refractivity contribution in [1.29, 1.82) is 5.26 Å². The number of hydrogen-bond donors (Lipinski definition) is 1. The Balaban J connectivity index is 1.99. The van der Waals surface area contributed by atoms with Crippen LogP contribution in [-0.2, 0) is 17.7 Å². The van der Waals surface area contributed by atoms with Gasteiger partial charge in [-0.3, -0.25) is 14.2 Å². The van der Waals surface area contributed by atoms with Crippen LogP contribution in [0.25, 0.3) is 10.8 Å². The smallest absolute Gasteiger partial charge is 0.271 e.